The second-order valence-electron chi connectivity index (χ2n) is 6.42. The molecule has 0 radical (unpaired) electrons. The van der Waals surface area contributed by atoms with Crippen LogP contribution < -0.4 is 10.1 Å². The zero-order chi connectivity index (χ0) is 16.9. The van der Waals surface area contributed by atoms with Crippen LogP contribution in [0.5, 0.6) is 5.75 Å². The van der Waals surface area contributed by atoms with Crippen LogP contribution in [-0.2, 0) is 6.42 Å². The maximum Gasteiger partial charge on any atom is 0.182 e. The molecule has 0 unspecified atom stereocenters. The van der Waals surface area contributed by atoms with Gasteiger partial charge in [-0.1, -0.05) is 30.3 Å². The van der Waals surface area contributed by atoms with Crippen molar-refractivity contribution < 1.29 is 9.53 Å². The van der Waals surface area contributed by atoms with Crippen molar-refractivity contribution in [2.45, 2.75) is 38.8 Å². The van der Waals surface area contributed by atoms with Crippen molar-refractivity contribution in [3.63, 3.8) is 0 Å². The molecule has 122 valence electrons. The fraction of sp³-hybridized carbons (Fsp3) is 0.350. The third-order valence-electron chi connectivity index (χ3n) is 3.91. The number of rotatable bonds is 7. The molecular formula is C20H25NO2. The molecule has 0 aliphatic carbocycles. The molecule has 2 aromatic rings. The smallest absolute Gasteiger partial charge is 0.182 e. The molecule has 0 saturated carbocycles. The van der Waals surface area contributed by atoms with E-state index in [9.17, 15) is 4.79 Å². The highest BCUT2D eigenvalue weighted by Gasteiger charge is 2.29. The standard InChI is InChI=1S/C20H25NO2/c1-15(14-16-8-6-5-7-9-16)21-20(2,3)19(22)17-10-12-18(23-4)13-11-17/h5-13,15,21H,14H2,1-4H3/t15-/m0/s1. The van der Waals surface area contributed by atoms with Crippen molar-refractivity contribution >= 4 is 5.78 Å². The third-order valence-corrected chi connectivity index (χ3v) is 3.91. The number of carbonyl (C=O) groups is 1. The fourth-order valence-corrected chi connectivity index (χ4v) is 2.80. The van der Waals surface area contributed by atoms with Gasteiger partial charge in [-0.3, -0.25) is 4.79 Å². The summed E-state index contributed by atoms with van der Waals surface area (Å²) in [5, 5.41) is 3.45. The Morgan fingerprint density at radius 1 is 1.09 bits per heavy atom. The number of Topliss-reactive ketones (excluding diaryl/α,β-unsaturated/α-hetero) is 1. The van der Waals surface area contributed by atoms with E-state index in [2.05, 4.69) is 24.4 Å². The molecule has 2 aromatic carbocycles. The lowest BCUT2D eigenvalue weighted by Gasteiger charge is -2.29. The molecule has 0 bridgehead atoms. The van der Waals surface area contributed by atoms with Gasteiger partial charge in [0.1, 0.15) is 5.75 Å². The number of ketones is 1. The van der Waals surface area contributed by atoms with Crippen molar-refractivity contribution in [3.8, 4) is 5.75 Å². The molecule has 0 saturated heterocycles. The number of hydrogen-bond donors (Lipinski definition) is 1. The van der Waals surface area contributed by atoms with Gasteiger partial charge in [0.2, 0.25) is 0 Å². The van der Waals surface area contributed by atoms with E-state index in [4.69, 9.17) is 4.74 Å². The fourth-order valence-electron chi connectivity index (χ4n) is 2.80. The van der Waals surface area contributed by atoms with Crippen molar-refractivity contribution in [2.24, 2.45) is 0 Å². The lowest BCUT2D eigenvalue weighted by atomic mass is 9.91. The van der Waals surface area contributed by atoms with Crippen molar-refractivity contribution in [3.05, 3.63) is 65.7 Å². The summed E-state index contributed by atoms with van der Waals surface area (Å²) in [6.45, 7) is 5.97. The summed E-state index contributed by atoms with van der Waals surface area (Å²) in [5.74, 6) is 0.838. The summed E-state index contributed by atoms with van der Waals surface area (Å²) in [7, 11) is 1.62. The summed E-state index contributed by atoms with van der Waals surface area (Å²) in [6, 6.07) is 17.8. The monoisotopic (exact) mass is 311 g/mol. The molecule has 0 aromatic heterocycles. The lowest BCUT2D eigenvalue weighted by molar-refractivity contribution is 0.0871. The van der Waals surface area contributed by atoms with Crippen LogP contribution in [0.3, 0.4) is 0 Å². The molecule has 0 spiro atoms. The Kier molecular flexibility index (Phi) is 5.56. The largest absolute Gasteiger partial charge is 0.497 e. The number of nitrogens with one attached hydrogen (secondary N) is 1. The van der Waals surface area contributed by atoms with Crippen LogP contribution in [0, 0.1) is 0 Å². The maximum atomic E-state index is 12.8. The van der Waals surface area contributed by atoms with Gasteiger partial charge < -0.3 is 10.1 Å². The van der Waals surface area contributed by atoms with Gasteiger partial charge in [0.05, 0.1) is 12.6 Å². The first-order valence-corrected chi connectivity index (χ1v) is 7.93. The lowest BCUT2D eigenvalue weighted by Crippen LogP contribution is -2.51. The SMILES string of the molecule is COc1ccc(C(=O)C(C)(C)N[C@@H](C)Cc2ccccc2)cc1. The quantitative estimate of drug-likeness (QED) is 0.789. The molecule has 1 N–H and O–H groups in total. The highest BCUT2D eigenvalue weighted by Crippen LogP contribution is 2.18. The van der Waals surface area contributed by atoms with Crippen LogP contribution in [0.2, 0.25) is 0 Å². The second-order valence-corrected chi connectivity index (χ2v) is 6.42. The van der Waals surface area contributed by atoms with Crippen LogP contribution in [0.4, 0.5) is 0 Å². The highest BCUT2D eigenvalue weighted by atomic mass is 16.5. The second kappa shape index (κ2) is 7.42. The van der Waals surface area contributed by atoms with Crippen molar-refractivity contribution in [1.82, 2.24) is 5.32 Å². The average molecular weight is 311 g/mol. The Labute approximate surface area is 138 Å². The topological polar surface area (TPSA) is 38.3 Å². The molecule has 2 rings (SSSR count). The molecule has 0 aliphatic rings. The minimum Gasteiger partial charge on any atom is -0.497 e. The van der Waals surface area contributed by atoms with E-state index < -0.39 is 5.54 Å². The number of hydrogen-bond acceptors (Lipinski definition) is 3. The van der Waals surface area contributed by atoms with Gasteiger partial charge in [-0.25, -0.2) is 0 Å². The zero-order valence-electron chi connectivity index (χ0n) is 14.3. The van der Waals surface area contributed by atoms with E-state index in [0.717, 1.165) is 12.2 Å². The van der Waals surface area contributed by atoms with E-state index in [-0.39, 0.29) is 11.8 Å². The number of methoxy groups -OCH3 is 1. The Hall–Kier alpha value is -2.13. The summed E-state index contributed by atoms with van der Waals surface area (Å²) >= 11 is 0. The Morgan fingerprint density at radius 2 is 1.70 bits per heavy atom. The average Bonchev–Trinajstić information content (AvgIpc) is 2.54. The molecule has 3 nitrogen and oxygen atoms in total. The van der Waals surface area contributed by atoms with E-state index in [1.54, 1.807) is 7.11 Å². The summed E-state index contributed by atoms with van der Waals surface area (Å²) in [6.07, 6.45) is 0.889. The van der Waals surface area contributed by atoms with Crippen LogP contribution in [0.1, 0.15) is 36.7 Å². The first-order valence-electron chi connectivity index (χ1n) is 7.93. The van der Waals surface area contributed by atoms with Gasteiger partial charge in [0.25, 0.3) is 0 Å². The van der Waals surface area contributed by atoms with E-state index in [0.29, 0.717) is 5.56 Å². The summed E-state index contributed by atoms with van der Waals surface area (Å²) in [5.41, 5.74) is 1.33. The predicted octanol–water partition coefficient (Wildman–Crippen LogP) is 3.88. The van der Waals surface area contributed by atoms with E-state index in [1.807, 2.05) is 56.3 Å². The number of benzene rings is 2. The number of ether oxygens (including phenoxy) is 1. The number of carbonyl (C=O) groups excluding carboxylic acids is 1. The molecular weight excluding hydrogens is 286 g/mol. The van der Waals surface area contributed by atoms with Gasteiger partial charge in [0, 0.05) is 11.6 Å². The van der Waals surface area contributed by atoms with Crippen LogP contribution >= 0.6 is 0 Å². The van der Waals surface area contributed by atoms with E-state index >= 15 is 0 Å². The van der Waals surface area contributed by atoms with Gasteiger partial charge in [-0.05, 0) is 57.0 Å². The molecule has 0 aliphatic heterocycles. The predicted molar refractivity (Wildman–Crippen MR) is 94.1 cm³/mol. The molecule has 0 heterocycles. The Morgan fingerprint density at radius 3 is 2.26 bits per heavy atom. The minimum atomic E-state index is -0.622. The Balaban J connectivity index is 2.02. The van der Waals surface area contributed by atoms with Crippen LogP contribution in [0.15, 0.2) is 54.6 Å². The van der Waals surface area contributed by atoms with Gasteiger partial charge in [-0.2, -0.15) is 0 Å². The molecule has 23 heavy (non-hydrogen) atoms. The van der Waals surface area contributed by atoms with Crippen LogP contribution in [0.25, 0.3) is 0 Å². The van der Waals surface area contributed by atoms with Crippen molar-refractivity contribution in [1.29, 1.82) is 0 Å². The third kappa shape index (κ3) is 4.67. The molecule has 3 heteroatoms. The molecule has 1 atom stereocenters. The maximum absolute atomic E-state index is 12.8. The van der Waals surface area contributed by atoms with E-state index in [1.165, 1.54) is 5.56 Å². The normalized spacial score (nSPS) is 12.7. The van der Waals surface area contributed by atoms with Crippen LogP contribution in [-0.4, -0.2) is 24.5 Å². The van der Waals surface area contributed by atoms with Gasteiger partial charge in [0.15, 0.2) is 5.78 Å². The Bertz CT molecular complexity index is 632. The molecule has 0 fully saturated rings. The van der Waals surface area contributed by atoms with Crippen molar-refractivity contribution in [2.75, 3.05) is 7.11 Å². The summed E-state index contributed by atoms with van der Waals surface area (Å²) < 4.78 is 5.14. The highest BCUT2D eigenvalue weighted by molar-refractivity contribution is 6.02. The summed E-state index contributed by atoms with van der Waals surface area (Å²) in [4.78, 5) is 12.8. The first-order chi connectivity index (χ1) is 10.9. The molecule has 0 amide bonds. The first kappa shape index (κ1) is 17.2. The van der Waals surface area contributed by atoms with Gasteiger partial charge in [-0.15, -0.1) is 0 Å². The van der Waals surface area contributed by atoms with Gasteiger partial charge >= 0.3 is 0 Å². The zero-order valence-corrected chi connectivity index (χ0v) is 14.3. The minimum absolute atomic E-state index is 0.0834.